The molecule has 3 aromatic rings. The molecule has 0 atom stereocenters. The summed E-state index contributed by atoms with van der Waals surface area (Å²) in [5, 5.41) is 22.5. The molecule has 0 fully saturated rings. The molecule has 0 aliphatic carbocycles. The molecule has 7 nitrogen and oxygen atoms in total. The molecule has 0 radical (unpaired) electrons. The van der Waals surface area contributed by atoms with Crippen molar-refractivity contribution in [2.45, 2.75) is 6.92 Å². The predicted molar refractivity (Wildman–Crippen MR) is 119 cm³/mol. The lowest BCUT2D eigenvalue weighted by molar-refractivity contribution is -0.135. The van der Waals surface area contributed by atoms with Crippen LogP contribution >= 0.6 is 0 Å². The molecular weight excluding hydrogens is 369 g/mol. The van der Waals surface area contributed by atoms with Gasteiger partial charge in [-0.2, -0.15) is 0 Å². The van der Waals surface area contributed by atoms with Crippen LogP contribution in [0.1, 0.15) is 16.2 Å². The first-order valence-electron chi connectivity index (χ1n) is 9.06. The Morgan fingerprint density at radius 2 is 1.76 bits per heavy atom. The van der Waals surface area contributed by atoms with E-state index in [1.165, 1.54) is 0 Å². The van der Waals surface area contributed by atoms with E-state index in [0.717, 1.165) is 22.1 Å². The third-order valence-corrected chi connectivity index (χ3v) is 4.58. The molecule has 3 rings (SSSR count). The van der Waals surface area contributed by atoms with Crippen molar-refractivity contribution in [3.8, 4) is 17.2 Å². The second-order valence-electron chi connectivity index (χ2n) is 7.01. The Bertz CT molecular complexity index is 1130. The smallest absolute Gasteiger partial charge is 0.322 e. The summed E-state index contributed by atoms with van der Waals surface area (Å²) in [6, 6.07) is 9.21. The van der Waals surface area contributed by atoms with E-state index < -0.39 is 18.4 Å². The van der Waals surface area contributed by atoms with Crippen LogP contribution in [0.15, 0.2) is 30.3 Å². The van der Waals surface area contributed by atoms with Crippen LogP contribution in [0.2, 0.25) is 0 Å². The molecule has 0 saturated heterocycles. The Morgan fingerprint density at radius 3 is 2.38 bits per heavy atom. The van der Waals surface area contributed by atoms with Crippen LogP contribution in [0.4, 0.5) is 0 Å². The summed E-state index contributed by atoms with van der Waals surface area (Å²) in [5.41, 5.74) is 3.50. The first kappa shape index (κ1) is 20.3. The van der Waals surface area contributed by atoms with Crippen molar-refractivity contribution in [1.29, 1.82) is 0 Å². The van der Waals surface area contributed by atoms with Gasteiger partial charge >= 0.3 is 5.97 Å². The fourth-order valence-corrected chi connectivity index (χ4v) is 3.34. The van der Waals surface area contributed by atoms with Crippen LogP contribution in [0.25, 0.3) is 10.8 Å². The lowest BCUT2D eigenvalue weighted by Gasteiger charge is -2.15. The van der Waals surface area contributed by atoms with Gasteiger partial charge in [0.2, 0.25) is 0 Å². The second kappa shape index (κ2) is 7.91. The number of aromatic hydroxyl groups is 1. The molecule has 0 bridgehead atoms. The molecule has 0 aliphatic heterocycles. The van der Waals surface area contributed by atoms with E-state index in [1.807, 2.05) is 35.7 Å². The van der Waals surface area contributed by atoms with E-state index in [9.17, 15) is 14.7 Å². The average molecular weight is 388 g/mol. The molecule has 0 unspecified atom stereocenters. The topological polar surface area (TPSA) is 109 Å². The number of rotatable bonds is 5. The zero-order valence-electron chi connectivity index (χ0n) is 16.7. The normalized spacial score (nSPS) is 10.7. The number of pyridine rings is 1. The number of ether oxygens (including phenoxy) is 1. The van der Waals surface area contributed by atoms with Crippen molar-refractivity contribution in [1.82, 2.24) is 10.3 Å². The van der Waals surface area contributed by atoms with Crippen LogP contribution in [0.5, 0.6) is 17.2 Å². The molecule has 144 valence electrons. The monoisotopic (exact) mass is 388 g/mol. The van der Waals surface area contributed by atoms with Crippen molar-refractivity contribution in [2.75, 3.05) is 6.54 Å². The molecule has 1 aromatic heterocycles. The first-order valence-corrected chi connectivity index (χ1v) is 9.06. The van der Waals surface area contributed by atoms with Gasteiger partial charge in [0.1, 0.15) is 41.6 Å². The summed E-state index contributed by atoms with van der Waals surface area (Å²) in [6.45, 7) is 1.15. The number of aromatic nitrogens is 1. The molecule has 1 heterocycles. The Labute approximate surface area is 170 Å². The Kier molecular flexibility index (Phi) is 5.54. The van der Waals surface area contributed by atoms with Gasteiger partial charge in [-0.25, -0.2) is 4.98 Å². The summed E-state index contributed by atoms with van der Waals surface area (Å²) in [6.07, 6.45) is 0. The molecule has 10 heteroatoms. The molecule has 2 aromatic carbocycles. The van der Waals surface area contributed by atoms with Crippen molar-refractivity contribution < 1.29 is 24.5 Å². The number of benzene rings is 2. The summed E-state index contributed by atoms with van der Waals surface area (Å²) in [5.74, 6) is -0.878. The van der Waals surface area contributed by atoms with E-state index in [-0.39, 0.29) is 11.4 Å². The highest BCUT2D eigenvalue weighted by atomic mass is 16.5. The number of fused-ring (bicyclic) bond motifs is 1. The number of nitrogens with one attached hydrogen (secondary N) is 1. The quantitative estimate of drug-likeness (QED) is 0.422. The largest absolute Gasteiger partial charge is 0.505 e. The summed E-state index contributed by atoms with van der Waals surface area (Å²) < 4.78 is 6.09. The molecule has 1 amide bonds. The maximum Gasteiger partial charge on any atom is 0.322 e. The lowest BCUT2D eigenvalue weighted by Crippen LogP contribution is -2.30. The van der Waals surface area contributed by atoms with E-state index >= 15 is 0 Å². The summed E-state index contributed by atoms with van der Waals surface area (Å²) in [7, 11) is 6.00. The molecule has 3 N–H and O–H groups in total. The zero-order chi connectivity index (χ0) is 21.3. The number of nitrogens with zero attached hydrogens (tertiary/aromatic N) is 1. The first-order chi connectivity index (χ1) is 13.7. The third kappa shape index (κ3) is 4.21. The molecule has 0 saturated carbocycles. The number of carbonyl (C=O) groups excluding carboxylic acids is 1. The van der Waals surface area contributed by atoms with Gasteiger partial charge in [0.05, 0.1) is 0 Å². The second-order valence-corrected chi connectivity index (χ2v) is 7.01. The molecule has 29 heavy (non-hydrogen) atoms. The van der Waals surface area contributed by atoms with Gasteiger partial charge in [-0.05, 0) is 36.0 Å². The number of hydrogen-bond acceptors (Lipinski definition) is 5. The standard InChI is InChI=1S/C19H19B3N2O5/c1-8-12-6-10(29-18-13(21)4-9(20)5-14(18)22)2-3-11(12)17(27)16(24-8)19(28)23-7-15(25)26/h2-6,27H,7,20-22H2,1H3,(H,23,28)(H,25,26). The van der Waals surface area contributed by atoms with Gasteiger partial charge < -0.3 is 20.3 Å². The van der Waals surface area contributed by atoms with Crippen molar-refractivity contribution in [2.24, 2.45) is 0 Å². The number of amides is 1. The summed E-state index contributed by atoms with van der Waals surface area (Å²) >= 11 is 0. The Balaban J connectivity index is 1.99. The molecular formula is C19H19B3N2O5. The minimum atomic E-state index is -1.18. The minimum Gasteiger partial charge on any atom is -0.505 e. The Morgan fingerprint density at radius 1 is 1.10 bits per heavy atom. The third-order valence-electron chi connectivity index (χ3n) is 4.58. The van der Waals surface area contributed by atoms with Crippen LogP contribution in [0, 0.1) is 6.92 Å². The molecule has 0 spiro atoms. The SMILES string of the molecule is Bc1cc(B)c(Oc2ccc3c(O)c(C(=O)NCC(=O)O)nc(C)c3c2)c(B)c1. The van der Waals surface area contributed by atoms with Crippen molar-refractivity contribution >= 4 is 62.6 Å². The highest BCUT2D eigenvalue weighted by Gasteiger charge is 2.19. The summed E-state index contributed by atoms with van der Waals surface area (Å²) in [4.78, 5) is 27.0. The van der Waals surface area contributed by atoms with Crippen LogP contribution in [-0.2, 0) is 4.79 Å². The zero-order valence-corrected chi connectivity index (χ0v) is 16.7. The van der Waals surface area contributed by atoms with E-state index in [2.05, 4.69) is 10.3 Å². The van der Waals surface area contributed by atoms with Gasteiger partial charge in [0.15, 0.2) is 11.4 Å². The Hall–Kier alpha value is -3.42. The fraction of sp³-hybridized carbons (Fsp3) is 0.105. The maximum absolute atomic E-state index is 12.2. The number of aryl methyl sites for hydroxylation is 1. The maximum atomic E-state index is 12.2. The van der Waals surface area contributed by atoms with Crippen molar-refractivity contribution in [3.63, 3.8) is 0 Å². The van der Waals surface area contributed by atoms with E-state index in [0.29, 0.717) is 22.2 Å². The predicted octanol–water partition coefficient (Wildman–Crippen LogP) is -2.37. The van der Waals surface area contributed by atoms with Gasteiger partial charge in [-0.15, -0.1) is 0 Å². The van der Waals surface area contributed by atoms with Gasteiger partial charge in [-0.1, -0.05) is 17.6 Å². The number of carboxylic acid groups (broad SMARTS) is 1. The van der Waals surface area contributed by atoms with Gasteiger partial charge in [0.25, 0.3) is 5.91 Å². The number of hydrogen-bond donors (Lipinski definition) is 3. The number of carboxylic acids is 1. The minimum absolute atomic E-state index is 0.213. The lowest BCUT2D eigenvalue weighted by atomic mass is 9.79. The number of carbonyl (C=O) groups is 2. The van der Waals surface area contributed by atoms with Gasteiger partial charge in [0, 0.05) is 16.5 Å². The molecule has 0 aliphatic rings. The van der Waals surface area contributed by atoms with Crippen molar-refractivity contribution in [3.05, 3.63) is 41.7 Å². The average Bonchev–Trinajstić information content (AvgIpc) is 2.65. The van der Waals surface area contributed by atoms with E-state index in [1.54, 1.807) is 25.1 Å². The van der Waals surface area contributed by atoms with Crippen LogP contribution in [-0.4, -0.2) is 57.2 Å². The fourth-order valence-electron chi connectivity index (χ4n) is 3.34. The highest BCUT2D eigenvalue weighted by molar-refractivity contribution is 6.45. The van der Waals surface area contributed by atoms with E-state index in [4.69, 9.17) is 9.84 Å². The van der Waals surface area contributed by atoms with Gasteiger partial charge in [-0.3, -0.25) is 9.59 Å². The number of aliphatic carboxylic acids is 1. The highest BCUT2D eigenvalue weighted by Crippen LogP contribution is 2.33. The van der Waals surface area contributed by atoms with Crippen LogP contribution < -0.4 is 26.4 Å². The van der Waals surface area contributed by atoms with Crippen LogP contribution in [0.3, 0.4) is 0 Å².